The van der Waals surface area contributed by atoms with E-state index in [1.165, 1.54) is 129 Å². The van der Waals surface area contributed by atoms with Gasteiger partial charge < -0.3 is 9.80 Å². The summed E-state index contributed by atoms with van der Waals surface area (Å²) in [5, 5.41) is 0. The second-order valence-electron chi connectivity index (χ2n) is 9.06. The first-order valence-electron chi connectivity index (χ1n) is 13.0. The van der Waals surface area contributed by atoms with Crippen molar-refractivity contribution in [2.75, 3.05) is 13.1 Å². The maximum Gasteiger partial charge on any atom is 0.0977 e. The molecule has 0 aromatic rings. The highest BCUT2D eigenvalue weighted by molar-refractivity contribution is 4.95. The molecule has 28 heavy (non-hydrogen) atoms. The van der Waals surface area contributed by atoms with Gasteiger partial charge in [-0.3, -0.25) is 0 Å². The van der Waals surface area contributed by atoms with Gasteiger partial charge in [0.25, 0.3) is 0 Å². The summed E-state index contributed by atoms with van der Waals surface area (Å²) in [4.78, 5) is 5.10. The summed E-state index contributed by atoms with van der Waals surface area (Å²) >= 11 is 0. The summed E-state index contributed by atoms with van der Waals surface area (Å²) in [6.45, 7) is 9.44. The van der Waals surface area contributed by atoms with E-state index in [-0.39, 0.29) is 0 Å². The number of hydrogen-bond acceptors (Lipinski definition) is 2. The summed E-state index contributed by atoms with van der Waals surface area (Å²) < 4.78 is 0. The molecule has 0 aromatic heterocycles. The lowest BCUT2D eigenvalue weighted by atomic mass is 10.1. The van der Waals surface area contributed by atoms with Crippen molar-refractivity contribution in [3.8, 4) is 0 Å². The lowest BCUT2D eigenvalue weighted by molar-refractivity contribution is 0.165. The van der Waals surface area contributed by atoms with Crippen LogP contribution in [0.25, 0.3) is 0 Å². The van der Waals surface area contributed by atoms with Crippen LogP contribution < -0.4 is 0 Å². The fraction of sp³-hybridized carbons (Fsp3) is 0.923. The maximum absolute atomic E-state index is 2.55. The van der Waals surface area contributed by atoms with Gasteiger partial charge in [-0.15, -0.1) is 0 Å². The molecular formula is C26H52N2. The number of rotatable bonds is 20. The van der Waals surface area contributed by atoms with Crippen molar-refractivity contribution in [2.45, 2.75) is 143 Å². The molecule has 0 fully saturated rings. The quantitative estimate of drug-likeness (QED) is 0.192. The van der Waals surface area contributed by atoms with Crippen LogP contribution in [-0.2, 0) is 0 Å². The van der Waals surface area contributed by atoms with Crippen molar-refractivity contribution >= 4 is 0 Å². The van der Waals surface area contributed by atoms with Crippen molar-refractivity contribution < 1.29 is 0 Å². The van der Waals surface area contributed by atoms with E-state index >= 15 is 0 Å². The van der Waals surface area contributed by atoms with E-state index in [0.29, 0.717) is 6.17 Å². The molecule has 0 saturated heterocycles. The van der Waals surface area contributed by atoms with E-state index in [1.54, 1.807) is 0 Å². The first-order valence-corrected chi connectivity index (χ1v) is 13.0. The highest BCUT2D eigenvalue weighted by Gasteiger charge is 2.20. The Morgan fingerprint density at radius 1 is 0.464 bits per heavy atom. The molecule has 0 spiro atoms. The molecule has 1 heterocycles. The summed E-state index contributed by atoms with van der Waals surface area (Å²) in [6, 6.07) is 0. The van der Waals surface area contributed by atoms with E-state index in [0.717, 1.165) is 0 Å². The third-order valence-electron chi connectivity index (χ3n) is 6.45. The second kappa shape index (κ2) is 18.4. The highest BCUT2D eigenvalue weighted by atomic mass is 15.4. The Kier molecular flexibility index (Phi) is 16.7. The van der Waals surface area contributed by atoms with Gasteiger partial charge in [0.05, 0.1) is 6.17 Å². The van der Waals surface area contributed by atoms with Crippen LogP contribution in [0.15, 0.2) is 12.4 Å². The largest absolute Gasteiger partial charge is 0.356 e. The van der Waals surface area contributed by atoms with E-state index in [2.05, 4.69) is 43.0 Å². The van der Waals surface area contributed by atoms with Crippen LogP contribution in [-0.4, -0.2) is 29.1 Å². The maximum atomic E-state index is 2.55. The van der Waals surface area contributed by atoms with Gasteiger partial charge in [0.15, 0.2) is 0 Å². The molecule has 0 saturated carbocycles. The Morgan fingerprint density at radius 2 is 0.750 bits per heavy atom. The van der Waals surface area contributed by atoms with Gasteiger partial charge in [-0.1, -0.05) is 117 Å². The molecule has 0 amide bonds. The van der Waals surface area contributed by atoms with Crippen LogP contribution in [0.5, 0.6) is 0 Å². The molecule has 0 bridgehead atoms. The van der Waals surface area contributed by atoms with Crippen LogP contribution in [0.2, 0.25) is 0 Å². The van der Waals surface area contributed by atoms with Gasteiger partial charge in [-0.2, -0.15) is 0 Å². The zero-order valence-electron chi connectivity index (χ0n) is 19.8. The predicted molar refractivity (Wildman–Crippen MR) is 126 cm³/mol. The number of nitrogens with zero attached hydrogens (tertiary/aromatic N) is 2. The molecular weight excluding hydrogens is 340 g/mol. The molecule has 1 unspecified atom stereocenters. The molecule has 1 aliphatic heterocycles. The van der Waals surface area contributed by atoms with Crippen LogP contribution in [0, 0.1) is 0 Å². The molecule has 0 N–H and O–H groups in total. The van der Waals surface area contributed by atoms with Crippen LogP contribution in [0.4, 0.5) is 0 Å². The summed E-state index contributed by atoms with van der Waals surface area (Å²) in [5.74, 6) is 0. The average Bonchev–Trinajstić information content (AvgIpc) is 3.05. The Bertz CT molecular complexity index is 352. The van der Waals surface area contributed by atoms with Crippen molar-refractivity contribution in [3.05, 3.63) is 12.4 Å². The van der Waals surface area contributed by atoms with Crippen LogP contribution in [0.3, 0.4) is 0 Å². The predicted octanol–water partition coefficient (Wildman–Crippen LogP) is 8.48. The molecule has 2 nitrogen and oxygen atoms in total. The lowest BCUT2D eigenvalue weighted by Gasteiger charge is -2.30. The molecule has 1 rings (SSSR count). The molecule has 0 aromatic carbocycles. The lowest BCUT2D eigenvalue weighted by Crippen LogP contribution is -2.36. The monoisotopic (exact) mass is 392 g/mol. The summed E-state index contributed by atoms with van der Waals surface area (Å²) in [7, 11) is 0. The van der Waals surface area contributed by atoms with Gasteiger partial charge in [0, 0.05) is 25.5 Å². The van der Waals surface area contributed by atoms with E-state index < -0.39 is 0 Å². The number of hydrogen-bond donors (Lipinski definition) is 0. The van der Waals surface area contributed by atoms with Gasteiger partial charge in [0.2, 0.25) is 0 Å². The third kappa shape index (κ3) is 12.7. The minimum atomic E-state index is 0.572. The topological polar surface area (TPSA) is 6.48 Å². The normalized spacial score (nSPS) is 16.5. The fourth-order valence-electron chi connectivity index (χ4n) is 4.34. The smallest absolute Gasteiger partial charge is 0.0977 e. The fourth-order valence-corrected chi connectivity index (χ4v) is 4.34. The second-order valence-corrected chi connectivity index (χ2v) is 9.06. The summed E-state index contributed by atoms with van der Waals surface area (Å²) in [6.07, 6.45) is 30.8. The molecule has 1 aliphatic rings. The van der Waals surface area contributed by atoms with E-state index in [4.69, 9.17) is 0 Å². The SMILES string of the molecule is CCCCCCCCCCCCCN1C=CN(CCCCCCCCC)C1C. The first kappa shape index (κ1) is 25.4. The van der Waals surface area contributed by atoms with Crippen molar-refractivity contribution in [1.82, 2.24) is 9.80 Å². The summed E-state index contributed by atoms with van der Waals surface area (Å²) in [5.41, 5.74) is 0. The van der Waals surface area contributed by atoms with Crippen molar-refractivity contribution in [1.29, 1.82) is 0 Å². The Morgan fingerprint density at radius 3 is 1.07 bits per heavy atom. The van der Waals surface area contributed by atoms with Gasteiger partial charge in [-0.05, 0) is 19.8 Å². The van der Waals surface area contributed by atoms with Crippen LogP contribution >= 0.6 is 0 Å². The Balaban J connectivity index is 1.90. The molecule has 166 valence electrons. The standard InChI is InChI=1S/C26H52N2/c1-4-6-8-10-12-13-14-15-17-19-21-23-28-25-24-27(26(28)3)22-20-18-16-11-9-7-5-2/h24-26H,4-23H2,1-3H3. The zero-order chi connectivity index (χ0) is 20.3. The molecule has 0 radical (unpaired) electrons. The van der Waals surface area contributed by atoms with Crippen LogP contribution in [0.1, 0.15) is 136 Å². The number of unbranched alkanes of at least 4 members (excludes halogenated alkanes) is 16. The molecule has 1 atom stereocenters. The third-order valence-corrected chi connectivity index (χ3v) is 6.45. The van der Waals surface area contributed by atoms with E-state index in [9.17, 15) is 0 Å². The van der Waals surface area contributed by atoms with Gasteiger partial charge in [0.1, 0.15) is 0 Å². The van der Waals surface area contributed by atoms with Gasteiger partial charge >= 0.3 is 0 Å². The zero-order valence-corrected chi connectivity index (χ0v) is 19.8. The van der Waals surface area contributed by atoms with Crippen molar-refractivity contribution in [3.63, 3.8) is 0 Å². The first-order chi connectivity index (χ1) is 13.8. The molecule has 2 heteroatoms. The average molecular weight is 393 g/mol. The molecule has 0 aliphatic carbocycles. The minimum Gasteiger partial charge on any atom is -0.356 e. The Labute approximate surface area is 178 Å². The van der Waals surface area contributed by atoms with Gasteiger partial charge in [-0.25, -0.2) is 0 Å². The van der Waals surface area contributed by atoms with Crippen molar-refractivity contribution in [2.24, 2.45) is 0 Å². The Hall–Kier alpha value is -0.660. The minimum absolute atomic E-state index is 0.572. The highest BCUT2D eigenvalue weighted by Crippen LogP contribution is 2.18. The van der Waals surface area contributed by atoms with E-state index in [1.807, 2.05) is 0 Å².